The van der Waals surface area contributed by atoms with Gasteiger partial charge in [0.15, 0.2) is 11.6 Å². The van der Waals surface area contributed by atoms with Crippen LogP contribution < -0.4 is 9.80 Å². The molecule has 130 valence electrons. The Morgan fingerprint density at radius 2 is 1.81 bits per heavy atom. The number of pyridine rings is 1. The summed E-state index contributed by atoms with van der Waals surface area (Å²) < 4.78 is 1.63. The largest absolute Gasteiger partial charge is 0.355 e. The highest BCUT2D eigenvalue weighted by molar-refractivity contribution is 6.09. The van der Waals surface area contributed by atoms with Crippen LogP contribution in [0.25, 0.3) is 5.82 Å². The molecule has 0 radical (unpaired) electrons. The van der Waals surface area contributed by atoms with Gasteiger partial charge in [-0.15, -0.1) is 10.2 Å². The summed E-state index contributed by atoms with van der Waals surface area (Å²) in [6, 6.07) is 7.54. The summed E-state index contributed by atoms with van der Waals surface area (Å²) in [6.07, 6.45) is 7.50. The zero-order valence-electron chi connectivity index (χ0n) is 14.1. The molecule has 1 saturated heterocycles. The van der Waals surface area contributed by atoms with E-state index in [9.17, 15) is 4.79 Å². The lowest BCUT2D eigenvalue weighted by Crippen LogP contribution is -2.24. The smallest absolute Gasteiger partial charge is 0.262 e. The predicted octanol–water partition coefficient (Wildman–Crippen LogP) is 1.82. The van der Waals surface area contributed by atoms with Gasteiger partial charge in [0.25, 0.3) is 5.91 Å². The number of amides is 1. The van der Waals surface area contributed by atoms with Gasteiger partial charge < -0.3 is 9.80 Å². The number of aromatic nitrogens is 5. The molecule has 3 aromatic rings. The minimum Gasteiger partial charge on any atom is -0.355 e. The highest BCUT2D eigenvalue weighted by Gasteiger charge is 2.32. The Balaban J connectivity index is 1.39. The molecule has 3 aromatic heterocycles. The van der Waals surface area contributed by atoms with Crippen molar-refractivity contribution in [1.29, 1.82) is 0 Å². The molecule has 2 aliphatic rings. The Morgan fingerprint density at radius 3 is 2.50 bits per heavy atom. The van der Waals surface area contributed by atoms with Crippen molar-refractivity contribution in [3.63, 3.8) is 0 Å². The highest BCUT2D eigenvalue weighted by Crippen LogP contribution is 2.27. The van der Waals surface area contributed by atoms with E-state index >= 15 is 0 Å². The molecular formula is C18H17N7O. The number of hydrogen-bond donors (Lipinski definition) is 0. The minimum absolute atomic E-state index is 0.0686. The number of nitrogens with zero attached hydrogens (tertiary/aromatic N) is 7. The molecule has 1 amide bonds. The van der Waals surface area contributed by atoms with Gasteiger partial charge >= 0.3 is 0 Å². The standard InChI is InChI=1S/C18H17N7O/c26-18-14-11-25(17-6-5-16(20-21-17)23-8-1-2-9-23)22-15(14)12-24(18)13-4-3-7-19-10-13/h3-7,10-11H,1-2,8-9,12H2. The van der Waals surface area contributed by atoms with Crippen molar-refractivity contribution in [3.8, 4) is 5.82 Å². The molecule has 5 heterocycles. The average molecular weight is 347 g/mol. The number of carbonyl (C=O) groups is 1. The summed E-state index contributed by atoms with van der Waals surface area (Å²) in [5.41, 5.74) is 2.11. The van der Waals surface area contributed by atoms with Gasteiger partial charge in [0, 0.05) is 25.5 Å². The quantitative estimate of drug-likeness (QED) is 0.719. The molecule has 1 fully saturated rings. The fourth-order valence-electron chi connectivity index (χ4n) is 3.47. The van der Waals surface area contributed by atoms with E-state index in [0.717, 1.165) is 30.3 Å². The number of hydrogen-bond acceptors (Lipinski definition) is 6. The van der Waals surface area contributed by atoms with E-state index in [1.165, 1.54) is 12.8 Å². The van der Waals surface area contributed by atoms with Crippen molar-refractivity contribution in [1.82, 2.24) is 25.0 Å². The molecule has 0 aliphatic carbocycles. The van der Waals surface area contributed by atoms with Crippen LogP contribution in [-0.4, -0.2) is 44.0 Å². The molecule has 0 unspecified atom stereocenters. The first kappa shape index (κ1) is 15.0. The van der Waals surface area contributed by atoms with Crippen LogP contribution in [0, 0.1) is 0 Å². The zero-order chi connectivity index (χ0) is 17.5. The number of fused-ring (bicyclic) bond motifs is 1. The monoisotopic (exact) mass is 347 g/mol. The van der Waals surface area contributed by atoms with Gasteiger partial charge in [0.1, 0.15) is 0 Å². The molecule has 8 heteroatoms. The Morgan fingerprint density at radius 1 is 1.00 bits per heavy atom. The lowest BCUT2D eigenvalue weighted by atomic mass is 10.3. The molecule has 0 saturated carbocycles. The maximum atomic E-state index is 12.7. The summed E-state index contributed by atoms with van der Waals surface area (Å²) in [5.74, 6) is 1.44. The van der Waals surface area contributed by atoms with Crippen LogP contribution in [0.5, 0.6) is 0 Å². The van der Waals surface area contributed by atoms with E-state index in [1.54, 1.807) is 28.2 Å². The van der Waals surface area contributed by atoms with E-state index in [2.05, 4.69) is 25.2 Å². The normalized spacial score (nSPS) is 16.4. The van der Waals surface area contributed by atoms with Gasteiger partial charge in [-0.2, -0.15) is 5.10 Å². The van der Waals surface area contributed by atoms with Crippen molar-refractivity contribution >= 4 is 17.4 Å². The molecule has 2 aliphatic heterocycles. The first-order valence-electron chi connectivity index (χ1n) is 8.69. The molecule has 0 spiro atoms. The Labute approximate surface area is 150 Å². The van der Waals surface area contributed by atoms with Crippen molar-refractivity contribution in [3.05, 3.63) is 54.1 Å². The van der Waals surface area contributed by atoms with E-state index in [0.29, 0.717) is 17.9 Å². The summed E-state index contributed by atoms with van der Waals surface area (Å²) >= 11 is 0. The van der Waals surface area contributed by atoms with E-state index in [4.69, 9.17) is 0 Å². The van der Waals surface area contributed by atoms with E-state index in [-0.39, 0.29) is 5.91 Å². The van der Waals surface area contributed by atoms with Crippen LogP contribution in [0.1, 0.15) is 28.9 Å². The third-order valence-corrected chi connectivity index (χ3v) is 4.83. The van der Waals surface area contributed by atoms with Crippen LogP contribution in [0.3, 0.4) is 0 Å². The van der Waals surface area contributed by atoms with Gasteiger partial charge in [-0.3, -0.25) is 9.78 Å². The second kappa shape index (κ2) is 5.91. The lowest BCUT2D eigenvalue weighted by Gasteiger charge is -2.16. The third kappa shape index (κ3) is 2.42. The number of carbonyl (C=O) groups excluding carboxylic acids is 1. The SMILES string of the molecule is O=C1c2cn(-c3ccc(N4CCCC4)nn3)nc2CN1c1cccnc1. The maximum Gasteiger partial charge on any atom is 0.262 e. The third-order valence-electron chi connectivity index (χ3n) is 4.83. The predicted molar refractivity (Wildman–Crippen MR) is 95.4 cm³/mol. The summed E-state index contributed by atoms with van der Waals surface area (Å²) in [6.45, 7) is 2.50. The average Bonchev–Trinajstić information content (AvgIpc) is 3.41. The first-order valence-corrected chi connectivity index (χ1v) is 8.69. The van der Waals surface area contributed by atoms with E-state index < -0.39 is 0 Å². The number of rotatable bonds is 3. The fourth-order valence-corrected chi connectivity index (χ4v) is 3.47. The second-order valence-corrected chi connectivity index (χ2v) is 6.48. The summed E-state index contributed by atoms with van der Waals surface area (Å²) in [7, 11) is 0. The van der Waals surface area contributed by atoms with E-state index in [1.807, 2.05) is 24.3 Å². The minimum atomic E-state index is -0.0686. The van der Waals surface area contributed by atoms with Gasteiger partial charge in [-0.25, -0.2) is 4.68 Å². The first-order chi connectivity index (χ1) is 12.8. The van der Waals surface area contributed by atoms with Crippen LogP contribution in [-0.2, 0) is 6.54 Å². The summed E-state index contributed by atoms with van der Waals surface area (Å²) in [4.78, 5) is 20.7. The van der Waals surface area contributed by atoms with Crippen LogP contribution in [0.15, 0.2) is 42.9 Å². The zero-order valence-corrected chi connectivity index (χ0v) is 14.1. The Kier molecular flexibility index (Phi) is 3.41. The fraction of sp³-hybridized carbons (Fsp3) is 0.278. The topological polar surface area (TPSA) is 80.0 Å². The molecule has 26 heavy (non-hydrogen) atoms. The van der Waals surface area contributed by atoms with Crippen LogP contribution >= 0.6 is 0 Å². The lowest BCUT2D eigenvalue weighted by molar-refractivity contribution is 0.0996. The molecular weight excluding hydrogens is 330 g/mol. The molecule has 0 atom stereocenters. The maximum absolute atomic E-state index is 12.7. The second-order valence-electron chi connectivity index (χ2n) is 6.48. The van der Waals surface area contributed by atoms with Gasteiger partial charge in [0.05, 0.1) is 29.7 Å². The molecule has 0 aromatic carbocycles. The van der Waals surface area contributed by atoms with Crippen molar-refractivity contribution in [2.24, 2.45) is 0 Å². The highest BCUT2D eigenvalue weighted by atomic mass is 16.2. The summed E-state index contributed by atoms with van der Waals surface area (Å²) in [5, 5.41) is 13.1. The van der Waals surface area contributed by atoms with Gasteiger partial charge in [0.2, 0.25) is 0 Å². The molecule has 8 nitrogen and oxygen atoms in total. The number of anilines is 2. The van der Waals surface area contributed by atoms with Gasteiger partial charge in [-0.1, -0.05) is 0 Å². The van der Waals surface area contributed by atoms with Crippen LogP contribution in [0.2, 0.25) is 0 Å². The van der Waals surface area contributed by atoms with Crippen molar-refractivity contribution in [2.75, 3.05) is 22.9 Å². The Bertz CT molecular complexity index is 945. The van der Waals surface area contributed by atoms with Gasteiger partial charge in [-0.05, 0) is 37.1 Å². The van der Waals surface area contributed by atoms with Crippen LogP contribution in [0.4, 0.5) is 11.5 Å². The molecule has 0 bridgehead atoms. The Hall–Kier alpha value is -3.29. The van der Waals surface area contributed by atoms with Crippen molar-refractivity contribution in [2.45, 2.75) is 19.4 Å². The van der Waals surface area contributed by atoms with Crippen molar-refractivity contribution < 1.29 is 4.79 Å². The molecule has 5 rings (SSSR count). The molecule has 0 N–H and O–H groups in total.